The van der Waals surface area contributed by atoms with Gasteiger partial charge >= 0.3 is 6.09 Å². The Labute approximate surface area is 159 Å². The van der Waals surface area contributed by atoms with E-state index in [9.17, 15) is 14.3 Å². The summed E-state index contributed by atoms with van der Waals surface area (Å²) < 4.78 is 19.2. The summed E-state index contributed by atoms with van der Waals surface area (Å²) in [7, 11) is 0. The van der Waals surface area contributed by atoms with E-state index in [0.29, 0.717) is 19.4 Å². The molecule has 0 spiro atoms. The standard InChI is InChI=1S/C22H26FNO3/c1-16(17-9-11-19(23)12-10-17)24-14-13-22(27-20(24)25,15-21(2,3)26)18-7-5-4-6-8-18/h4-12,16,26H,13-15H2,1-3H3/t16-,22-/m0/s1. The normalized spacial score (nSPS) is 21.7. The molecule has 144 valence electrons. The quantitative estimate of drug-likeness (QED) is 0.822. The number of amides is 1. The molecule has 4 nitrogen and oxygen atoms in total. The summed E-state index contributed by atoms with van der Waals surface area (Å²) in [5.74, 6) is -0.305. The van der Waals surface area contributed by atoms with Crippen molar-refractivity contribution in [1.82, 2.24) is 4.90 Å². The van der Waals surface area contributed by atoms with Crippen LogP contribution in [0.5, 0.6) is 0 Å². The number of cyclic esters (lactones) is 1. The first-order valence-electron chi connectivity index (χ1n) is 9.23. The Kier molecular flexibility index (Phi) is 5.24. The van der Waals surface area contributed by atoms with Crippen LogP contribution in [-0.4, -0.2) is 28.2 Å². The Morgan fingerprint density at radius 3 is 2.37 bits per heavy atom. The van der Waals surface area contributed by atoms with Crippen LogP contribution in [0, 0.1) is 5.82 Å². The number of nitrogens with zero attached hydrogens (tertiary/aromatic N) is 1. The van der Waals surface area contributed by atoms with Crippen molar-refractivity contribution >= 4 is 6.09 Å². The molecule has 0 bridgehead atoms. The fourth-order valence-corrected chi connectivity index (χ4v) is 3.81. The molecule has 27 heavy (non-hydrogen) atoms. The molecule has 1 amide bonds. The number of ether oxygens (including phenoxy) is 1. The summed E-state index contributed by atoms with van der Waals surface area (Å²) in [5.41, 5.74) is -0.117. The van der Waals surface area contributed by atoms with E-state index in [4.69, 9.17) is 4.74 Å². The average Bonchev–Trinajstić information content (AvgIpc) is 2.61. The molecule has 1 aliphatic rings. The van der Waals surface area contributed by atoms with Crippen molar-refractivity contribution in [3.63, 3.8) is 0 Å². The molecule has 3 rings (SSSR count). The van der Waals surface area contributed by atoms with E-state index in [-0.39, 0.29) is 11.9 Å². The van der Waals surface area contributed by atoms with Gasteiger partial charge < -0.3 is 14.7 Å². The third-order valence-corrected chi connectivity index (χ3v) is 5.11. The molecule has 2 aromatic rings. The SMILES string of the molecule is C[C@@H](c1ccc(F)cc1)N1CC[C@](CC(C)(C)O)(c2ccccc2)OC1=O. The van der Waals surface area contributed by atoms with Crippen molar-refractivity contribution in [2.45, 2.75) is 50.9 Å². The molecule has 2 atom stereocenters. The molecule has 0 aliphatic carbocycles. The molecule has 0 radical (unpaired) electrons. The first-order chi connectivity index (χ1) is 12.7. The lowest BCUT2D eigenvalue weighted by Crippen LogP contribution is -2.51. The number of carbonyl (C=O) groups is 1. The van der Waals surface area contributed by atoms with Crippen LogP contribution in [0.4, 0.5) is 9.18 Å². The van der Waals surface area contributed by atoms with E-state index in [2.05, 4.69) is 0 Å². The Bertz CT molecular complexity index is 785. The molecular weight excluding hydrogens is 345 g/mol. The van der Waals surface area contributed by atoms with E-state index in [1.165, 1.54) is 12.1 Å². The molecule has 1 N–H and O–H groups in total. The first kappa shape index (κ1) is 19.4. The van der Waals surface area contributed by atoms with Gasteiger partial charge in [-0.25, -0.2) is 9.18 Å². The van der Waals surface area contributed by atoms with Crippen LogP contribution in [0.15, 0.2) is 54.6 Å². The topological polar surface area (TPSA) is 49.8 Å². The molecule has 0 saturated carbocycles. The van der Waals surface area contributed by atoms with Crippen LogP contribution >= 0.6 is 0 Å². The lowest BCUT2D eigenvalue weighted by molar-refractivity contribution is -0.101. The number of rotatable bonds is 5. The van der Waals surface area contributed by atoms with Gasteiger partial charge in [0, 0.05) is 19.4 Å². The predicted octanol–water partition coefficient (Wildman–Crippen LogP) is 4.79. The summed E-state index contributed by atoms with van der Waals surface area (Å²) in [5, 5.41) is 10.4. The van der Waals surface area contributed by atoms with Crippen LogP contribution in [0.1, 0.15) is 50.8 Å². The third kappa shape index (κ3) is 4.30. The predicted molar refractivity (Wildman–Crippen MR) is 102 cm³/mol. The van der Waals surface area contributed by atoms with Crippen molar-refractivity contribution in [2.24, 2.45) is 0 Å². The lowest BCUT2D eigenvalue weighted by Gasteiger charge is -2.45. The van der Waals surface area contributed by atoms with E-state index < -0.39 is 17.3 Å². The van der Waals surface area contributed by atoms with Crippen LogP contribution in [0.25, 0.3) is 0 Å². The number of benzene rings is 2. The van der Waals surface area contributed by atoms with Crippen molar-refractivity contribution in [3.8, 4) is 0 Å². The zero-order chi connectivity index (χ0) is 19.7. The maximum atomic E-state index is 13.2. The number of hydrogen-bond donors (Lipinski definition) is 1. The number of halogens is 1. The van der Waals surface area contributed by atoms with Crippen molar-refractivity contribution < 1.29 is 19.0 Å². The second-order valence-corrected chi connectivity index (χ2v) is 7.89. The molecule has 1 fully saturated rings. The van der Waals surface area contributed by atoms with Gasteiger partial charge in [0.05, 0.1) is 11.6 Å². The first-order valence-corrected chi connectivity index (χ1v) is 9.23. The zero-order valence-corrected chi connectivity index (χ0v) is 16.0. The second kappa shape index (κ2) is 7.31. The highest BCUT2D eigenvalue weighted by Gasteiger charge is 2.46. The van der Waals surface area contributed by atoms with Gasteiger partial charge in [-0.3, -0.25) is 0 Å². The monoisotopic (exact) mass is 371 g/mol. The second-order valence-electron chi connectivity index (χ2n) is 7.89. The van der Waals surface area contributed by atoms with Gasteiger partial charge in [0.2, 0.25) is 0 Å². The summed E-state index contributed by atoms with van der Waals surface area (Å²) in [4.78, 5) is 14.6. The lowest BCUT2D eigenvalue weighted by atomic mass is 9.80. The molecule has 5 heteroatoms. The molecule has 0 unspecified atom stereocenters. The maximum Gasteiger partial charge on any atom is 0.411 e. The highest BCUT2D eigenvalue weighted by Crippen LogP contribution is 2.42. The Balaban J connectivity index is 1.85. The van der Waals surface area contributed by atoms with Gasteiger partial charge in [-0.15, -0.1) is 0 Å². The molecule has 1 saturated heterocycles. The van der Waals surface area contributed by atoms with Gasteiger partial charge in [0.15, 0.2) is 0 Å². The van der Waals surface area contributed by atoms with Gasteiger partial charge in [-0.1, -0.05) is 42.5 Å². The third-order valence-electron chi connectivity index (χ3n) is 5.11. The van der Waals surface area contributed by atoms with Crippen molar-refractivity contribution in [3.05, 3.63) is 71.5 Å². The van der Waals surface area contributed by atoms with Crippen molar-refractivity contribution in [1.29, 1.82) is 0 Å². The molecular formula is C22H26FNO3. The van der Waals surface area contributed by atoms with E-state index in [1.54, 1.807) is 30.9 Å². The molecule has 0 aromatic heterocycles. The zero-order valence-electron chi connectivity index (χ0n) is 16.0. The fraction of sp³-hybridized carbons (Fsp3) is 0.409. The van der Waals surface area contributed by atoms with Crippen LogP contribution in [0.2, 0.25) is 0 Å². The van der Waals surface area contributed by atoms with E-state index in [1.807, 2.05) is 37.3 Å². The van der Waals surface area contributed by atoms with Gasteiger partial charge in [-0.2, -0.15) is 0 Å². The minimum Gasteiger partial charge on any atom is -0.438 e. The summed E-state index contributed by atoms with van der Waals surface area (Å²) in [6, 6.07) is 15.5. The number of carbonyl (C=O) groups excluding carboxylic acids is 1. The van der Waals surface area contributed by atoms with Gasteiger partial charge in [0.25, 0.3) is 0 Å². The van der Waals surface area contributed by atoms with Crippen LogP contribution < -0.4 is 0 Å². The summed E-state index contributed by atoms with van der Waals surface area (Å²) >= 11 is 0. The Morgan fingerprint density at radius 2 is 1.81 bits per heavy atom. The Hall–Kier alpha value is -2.40. The highest BCUT2D eigenvalue weighted by molar-refractivity contribution is 5.70. The summed E-state index contributed by atoms with van der Waals surface area (Å²) in [6.07, 6.45) is 0.457. The Morgan fingerprint density at radius 1 is 1.19 bits per heavy atom. The minimum atomic E-state index is -0.985. The molecule has 2 aromatic carbocycles. The molecule has 1 heterocycles. The van der Waals surface area contributed by atoms with E-state index in [0.717, 1.165) is 11.1 Å². The van der Waals surface area contributed by atoms with Gasteiger partial charge in [-0.05, 0) is 44.0 Å². The minimum absolute atomic E-state index is 0.228. The number of aliphatic hydroxyl groups is 1. The van der Waals surface area contributed by atoms with Crippen LogP contribution in [-0.2, 0) is 10.3 Å². The average molecular weight is 371 g/mol. The highest BCUT2D eigenvalue weighted by atomic mass is 19.1. The van der Waals surface area contributed by atoms with Crippen LogP contribution in [0.3, 0.4) is 0 Å². The summed E-state index contributed by atoms with van der Waals surface area (Å²) in [6.45, 7) is 5.83. The van der Waals surface area contributed by atoms with Gasteiger partial charge in [0.1, 0.15) is 11.4 Å². The fourth-order valence-electron chi connectivity index (χ4n) is 3.81. The maximum absolute atomic E-state index is 13.2. The van der Waals surface area contributed by atoms with Crippen molar-refractivity contribution in [2.75, 3.05) is 6.54 Å². The largest absolute Gasteiger partial charge is 0.438 e. The molecule has 1 aliphatic heterocycles. The van der Waals surface area contributed by atoms with E-state index >= 15 is 0 Å². The smallest absolute Gasteiger partial charge is 0.411 e. The number of hydrogen-bond acceptors (Lipinski definition) is 3.